The maximum absolute atomic E-state index is 13.0. The van der Waals surface area contributed by atoms with Gasteiger partial charge in [-0.2, -0.15) is 4.31 Å². The van der Waals surface area contributed by atoms with Crippen LogP contribution in [0.5, 0.6) is 0 Å². The Morgan fingerprint density at radius 2 is 1.71 bits per heavy atom. The van der Waals surface area contributed by atoms with Crippen molar-refractivity contribution in [3.63, 3.8) is 0 Å². The van der Waals surface area contributed by atoms with Crippen LogP contribution in [-0.2, 0) is 10.0 Å². The van der Waals surface area contributed by atoms with Gasteiger partial charge in [0.15, 0.2) is 5.82 Å². The van der Waals surface area contributed by atoms with Gasteiger partial charge in [-0.05, 0) is 60.7 Å². The second kappa shape index (κ2) is 7.62. The van der Waals surface area contributed by atoms with Crippen molar-refractivity contribution >= 4 is 27.2 Å². The molecule has 3 heterocycles. The predicted molar refractivity (Wildman–Crippen MR) is 112 cm³/mol. The van der Waals surface area contributed by atoms with Crippen LogP contribution in [0.1, 0.15) is 11.1 Å². The number of aromatic nitrogens is 2. The Balaban J connectivity index is 1.44. The number of hydrogen-bond acceptors (Lipinski definition) is 6. The number of nitrogens with zero attached hydrogens (tertiary/aromatic N) is 4. The van der Waals surface area contributed by atoms with E-state index in [0.29, 0.717) is 31.1 Å². The second-order valence-electron chi connectivity index (χ2n) is 6.89. The first-order chi connectivity index (χ1) is 13.4. The highest BCUT2D eigenvalue weighted by Crippen LogP contribution is 2.25. The summed E-state index contributed by atoms with van der Waals surface area (Å²) in [5.41, 5.74) is 2.93. The summed E-state index contributed by atoms with van der Waals surface area (Å²) in [7, 11) is -3.47. The molecule has 0 amide bonds. The summed E-state index contributed by atoms with van der Waals surface area (Å²) in [5.74, 6) is 0.781. The van der Waals surface area contributed by atoms with Crippen molar-refractivity contribution in [2.75, 3.05) is 31.1 Å². The maximum atomic E-state index is 13.0. The molecule has 0 bridgehead atoms. The summed E-state index contributed by atoms with van der Waals surface area (Å²) in [6.45, 7) is 5.97. The molecule has 2 aromatic heterocycles. The van der Waals surface area contributed by atoms with Gasteiger partial charge in [-0.3, -0.25) is 0 Å². The minimum atomic E-state index is -3.47. The molecule has 1 aliphatic rings. The average Bonchev–Trinajstić information content (AvgIpc) is 3.25. The molecule has 8 heteroatoms. The Morgan fingerprint density at radius 1 is 0.929 bits per heavy atom. The lowest BCUT2D eigenvalue weighted by Gasteiger charge is -2.34. The van der Waals surface area contributed by atoms with Crippen LogP contribution in [0, 0.1) is 13.8 Å². The Hall–Kier alpha value is -2.29. The molecule has 4 rings (SSSR count). The van der Waals surface area contributed by atoms with Crippen LogP contribution < -0.4 is 4.90 Å². The fourth-order valence-corrected chi connectivity index (χ4v) is 5.43. The molecule has 28 heavy (non-hydrogen) atoms. The summed E-state index contributed by atoms with van der Waals surface area (Å²) in [6, 6.07) is 13.2. The van der Waals surface area contributed by atoms with Gasteiger partial charge in [-0.15, -0.1) is 21.5 Å². The van der Waals surface area contributed by atoms with E-state index in [-0.39, 0.29) is 0 Å². The van der Waals surface area contributed by atoms with Crippen LogP contribution in [0.3, 0.4) is 0 Å². The summed E-state index contributed by atoms with van der Waals surface area (Å²) in [6.07, 6.45) is 0. The van der Waals surface area contributed by atoms with Gasteiger partial charge in [0.05, 0.1) is 9.77 Å². The van der Waals surface area contributed by atoms with Crippen molar-refractivity contribution in [3.8, 4) is 10.6 Å². The fraction of sp³-hybridized carbons (Fsp3) is 0.300. The van der Waals surface area contributed by atoms with Crippen molar-refractivity contribution in [1.82, 2.24) is 14.5 Å². The normalized spacial score (nSPS) is 15.7. The lowest BCUT2D eigenvalue weighted by molar-refractivity contribution is 0.383. The minimum absolute atomic E-state index is 0.365. The monoisotopic (exact) mass is 414 g/mol. The predicted octanol–water partition coefficient (Wildman–Crippen LogP) is 3.33. The number of hydrogen-bond donors (Lipinski definition) is 0. The van der Waals surface area contributed by atoms with Crippen LogP contribution in [0.4, 0.5) is 5.82 Å². The number of piperazine rings is 1. The molecule has 1 fully saturated rings. The Bertz CT molecular complexity index is 1060. The summed E-state index contributed by atoms with van der Waals surface area (Å²) < 4.78 is 27.5. The zero-order valence-electron chi connectivity index (χ0n) is 15.9. The van der Waals surface area contributed by atoms with E-state index in [2.05, 4.69) is 15.1 Å². The highest BCUT2D eigenvalue weighted by Gasteiger charge is 2.29. The van der Waals surface area contributed by atoms with E-state index in [1.54, 1.807) is 27.8 Å². The van der Waals surface area contributed by atoms with Crippen molar-refractivity contribution in [2.24, 2.45) is 0 Å². The zero-order chi connectivity index (χ0) is 19.7. The summed E-state index contributed by atoms with van der Waals surface area (Å²) in [4.78, 5) is 3.53. The van der Waals surface area contributed by atoms with E-state index < -0.39 is 10.0 Å². The highest BCUT2D eigenvalue weighted by molar-refractivity contribution is 7.89. The standard InChI is InChI=1S/C20H22N4O2S2/c1-15-5-6-17(14-16(15)2)28(25,26)24-11-9-23(10-12-24)20-8-7-18(21-22-20)19-4-3-13-27-19/h3-8,13-14H,9-12H2,1-2H3. The quantitative estimate of drug-likeness (QED) is 0.655. The van der Waals surface area contributed by atoms with Gasteiger partial charge in [0, 0.05) is 26.2 Å². The molecule has 1 aliphatic heterocycles. The van der Waals surface area contributed by atoms with E-state index in [9.17, 15) is 8.42 Å². The van der Waals surface area contributed by atoms with Gasteiger partial charge < -0.3 is 4.90 Å². The van der Waals surface area contributed by atoms with E-state index in [1.807, 2.05) is 49.6 Å². The summed E-state index contributed by atoms with van der Waals surface area (Å²) in [5, 5.41) is 10.7. The Labute approximate surface area is 169 Å². The number of benzene rings is 1. The van der Waals surface area contributed by atoms with Gasteiger partial charge in [-0.1, -0.05) is 12.1 Å². The van der Waals surface area contributed by atoms with Crippen molar-refractivity contribution < 1.29 is 8.42 Å². The van der Waals surface area contributed by atoms with Gasteiger partial charge in [0.2, 0.25) is 10.0 Å². The molecule has 146 valence electrons. The second-order valence-corrected chi connectivity index (χ2v) is 9.78. The summed E-state index contributed by atoms with van der Waals surface area (Å²) >= 11 is 1.63. The van der Waals surface area contributed by atoms with Gasteiger partial charge >= 0.3 is 0 Å². The van der Waals surface area contributed by atoms with Crippen LogP contribution >= 0.6 is 11.3 Å². The molecule has 0 N–H and O–H groups in total. The number of sulfonamides is 1. The van der Waals surface area contributed by atoms with Gasteiger partial charge in [0.1, 0.15) is 5.69 Å². The molecule has 6 nitrogen and oxygen atoms in total. The number of aryl methyl sites for hydroxylation is 2. The van der Waals surface area contributed by atoms with Crippen LogP contribution in [0.25, 0.3) is 10.6 Å². The number of rotatable bonds is 4. The lowest BCUT2D eigenvalue weighted by atomic mass is 10.1. The number of thiophene rings is 1. The average molecular weight is 415 g/mol. The van der Waals surface area contributed by atoms with Crippen LogP contribution in [-0.4, -0.2) is 49.1 Å². The first-order valence-corrected chi connectivity index (χ1v) is 11.5. The minimum Gasteiger partial charge on any atom is -0.352 e. The molecule has 0 unspecified atom stereocenters. The van der Waals surface area contributed by atoms with E-state index in [4.69, 9.17) is 0 Å². The largest absolute Gasteiger partial charge is 0.352 e. The zero-order valence-corrected chi connectivity index (χ0v) is 17.5. The first kappa shape index (κ1) is 19.0. The molecule has 1 aromatic carbocycles. The highest BCUT2D eigenvalue weighted by atomic mass is 32.2. The van der Waals surface area contributed by atoms with Crippen LogP contribution in [0.2, 0.25) is 0 Å². The topological polar surface area (TPSA) is 66.4 Å². The van der Waals surface area contributed by atoms with Crippen molar-refractivity contribution in [2.45, 2.75) is 18.7 Å². The molecular weight excluding hydrogens is 392 g/mol. The van der Waals surface area contributed by atoms with E-state index in [0.717, 1.165) is 27.5 Å². The fourth-order valence-electron chi connectivity index (χ4n) is 3.23. The molecule has 0 spiro atoms. The molecule has 3 aromatic rings. The first-order valence-electron chi connectivity index (χ1n) is 9.15. The SMILES string of the molecule is Cc1ccc(S(=O)(=O)N2CCN(c3ccc(-c4cccs4)nn3)CC2)cc1C. The molecule has 0 radical (unpaired) electrons. The van der Waals surface area contributed by atoms with Gasteiger partial charge in [0.25, 0.3) is 0 Å². The molecule has 0 saturated carbocycles. The number of anilines is 1. The Kier molecular flexibility index (Phi) is 5.18. The van der Waals surface area contributed by atoms with E-state index in [1.165, 1.54) is 0 Å². The maximum Gasteiger partial charge on any atom is 0.243 e. The molecule has 0 aliphatic carbocycles. The van der Waals surface area contributed by atoms with E-state index >= 15 is 0 Å². The molecule has 1 saturated heterocycles. The third-order valence-electron chi connectivity index (χ3n) is 5.10. The van der Waals surface area contributed by atoms with Crippen LogP contribution in [0.15, 0.2) is 52.7 Å². The van der Waals surface area contributed by atoms with Gasteiger partial charge in [-0.25, -0.2) is 8.42 Å². The molecule has 0 atom stereocenters. The van der Waals surface area contributed by atoms with Crippen molar-refractivity contribution in [3.05, 3.63) is 59.0 Å². The third-order valence-corrected chi connectivity index (χ3v) is 7.89. The Morgan fingerprint density at radius 3 is 2.32 bits per heavy atom. The molecular formula is C20H22N4O2S2. The lowest BCUT2D eigenvalue weighted by Crippen LogP contribution is -2.49. The smallest absolute Gasteiger partial charge is 0.243 e. The third kappa shape index (κ3) is 3.67. The van der Waals surface area contributed by atoms with Crippen molar-refractivity contribution in [1.29, 1.82) is 0 Å².